The molecular weight excluding hydrogens is 533 g/mol. The first-order valence-electron chi connectivity index (χ1n) is 9.45. The molecule has 0 aliphatic carbocycles. The highest BCUT2D eigenvalue weighted by Crippen LogP contribution is 2.24. The fourth-order valence-electron chi connectivity index (χ4n) is 2.60. The van der Waals surface area contributed by atoms with Crippen molar-refractivity contribution in [3.63, 3.8) is 0 Å². The Morgan fingerprint density at radius 2 is 1.79 bits per heavy atom. The molecule has 2 amide bonds. The van der Waals surface area contributed by atoms with E-state index in [4.69, 9.17) is 27.9 Å². The number of carbonyl (C=O) groups excluding carboxylic acids is 3. The maximum absolute atomic E-state index is 12.5. The van der Waals surface area contributed by atoms with Crippen molar-refractivity contribution < 1.29 is 19.1 Å². The van der Waals surface area contributed by atoms with Crippen LogP contribution in [0.3, 0.4) is 0 Å². The number of esters is 1. The zero-order chi connectivity index (χ0) is 23.8. The second kappa shape index (κ2) is 11.6. The van der Waals surface area contributed by atoms with Crippen LogP contribution in [0.4, 0.5) is 0 Å². The lowest BCUT2D eigenvalue weighted by atomic mass is 10.2. The largest absolute Gasteiger partial charge is 0.422 e. The Balaban J connectivity index is 1.60. The van der Waals surface area contributed by atoms with Gasteiger partial charge in [0.15, 0.2) is 0 Å². The van der Waals surface area contributed by atoms with Crippen molar-refractivity contribution in [2.24, 2.45) is 5.10 Å². The average Bonchev–Trinajstić information content (AvgIpc) is 2.79. The van der Waals surface area contributed by atoms with Crippen molar-refractivity contribution in [3.8, 4) is 5.75 Å². The van der Waals surface area contributed by atoms with Crippen LogP contribution in [0, 0.1) is 0 Å². The second-order valence-corrected chi connectivity index (χ2v) is 8.30. The normalized spacial score (nSPS) is 10.6. The number of rotatable bonds is 7. The van der Waals surface area contributed by atoms with Gasteiger partial charge in [-0.2, -0.15) is 5.10 Å². The lowest BCUT2D eigenvalue weighted by Crippen LogP contribution is -2.34. The van der Waals surface area contributed by atoms with Crippen LogP contribution in [-0.4, -0.2) is 30.5 Å². The number of amides is 2. The van der Waals surface area contributed by atoms with Gasteiger partial charge >= 0.3 is 5.97 Å². The molecule has 0 aliphatic heterocycles. The molecule has 0 radical (unpaired) electrons. The molecule has 7 nitrogen and oxygen atoms in total. The zero-order valence-corrected chi connectivity index (χ0v) is 19.9. The van der Waals surface area contributed by atoms with Crippen LogP contribution in [0.1, 0.15) is 26.3 Å². The van der Waals surface area contributed by atoms with E-state index in [0.717, 1.165) is 0 Å². The van der Waals surface area contributed by atoms with Crippen LogP contribution in [0.2, 0.25) is 10.0 Å². The van der Waals surface area contributed by atoms with E-state index in [9.17, 15) is 14.4 Å². The van der Waals surface area contributed by atoms with Crippen LogP contribution in [-0.2, 0) is 4.79 Å². The Morgan fingerprint density at radius 1 is 1.00 bits per heavy atom. The lowest BCUT2D eigenvalue weighted by Gasteiger charge is -2.09. The van der Waals surface area contributed by atoms with Crippen LogP contribution < -0.4 is 15.5 Å². The number of nitrogens with zero attached hydrogens (tertiary/aromatic N) is 1. The van der Waals surface area contributed by atoms with Crippen LogP contribution >= 0.6 is 39.1 Å². The molecule has 3 rings (SSSR count). The molecule has 0 aromatic heterocycles. The standard InChI is InChI=1S/C23H16BrCl2N3O4/c24-16-8-9-20(33-23(32)18-6-1-2-7-19(18)26)15(10-16)12-28-29-21(30)13-27-22(31)14-4-3-5-17(25)11-14/h1-12H,13H2,(H,27,31)(H,29,30)/b28-12-. The minimum absolute atomic E-state index is 0.216. The van der Waals surface area contributed by atoms with Gasteiger partial charge in [0.1, 0.15) is 5.75 Å². The summed E-state index contributed by atoms with van der Waals surface area (Å²) in [6, 6.07) is 17.8. The molecule has 0 saturated carbocycles. The predicted molar refractivity (Wildman–Crippen MR) is 130 cm³/mol. The van der Waals surface area contributed by atoms with E-state index >= 15 is 0 Å². The number of nitrogens with one attached hydrogen (secondary N) is 2. The SMILES string of the molecule is O=C(CNC(=O)c1cccc(Cl)c1)N/N=C\c1cc(Br)ccc1OC(=O)c1ccccc1Cl. The third kappa shape index (κ3) is 7.15. The smallest absolute Gasteiger partial charge is 0.345 e. The van der Waals surface area contributed by atoms with Gasteiger partial charge in [0.05, 0.1) is 23.3 Å². The van der Waals surface area contributed by atoms with Gasteiger partial charge in [-0.25, -0.2) is 10.2 Å². The van der Waals surface area contributed by atoms with E-state index in [1.54, 1.807) is 60.7 Å². The average molecular weight is 549 g/mol. The third-order valence-corrected chi connectivity index (χ3v) is 5.22. The number of benzene rings is 3. The van der Waals surface area contributed by atoms with Crippen molar-refractivity contribution >= 4 is 63.1 Å². The van der Waals surface area contributed by atoms with Gasteiger partial charge in [-0.1, -0.05) is 57.3 Å². The molecule has 33 heavy (non-hydrogen) atoms. The highest BCUT2D eigenvalue weighted by atomic mass is 79.9. The molecule has 0 unspecified atom stereocenters. The molecule has 0 saturated heterocycles. The van der Waals surface area contributed by atoms with Gasteiger partial charge in [0.2, 0.25) is 0 Å². The number of carbonyl (C=O) groups is 3. The lowest BCUT2D eigenvalue weighted by molar-refractivity contribution is -0.120. The van der Waals surface area contributed by atoms with Crippen molar-refractivity contribution in [2.75, 3.05) is 6.54 Å². The van der Waals surface area contributed by atoms with Gasteiger partial charge in [0.25, 0.3) is 11.8 Å². The zero-order valence-electron chi connectivity index (χ0n) is 16.8. The van der Waals surface area contributed by atoms with Gasteiger partial charge in [-0.05, 0) is 48.5 Å². The van der Waals surface area contributed by atoms with Crippen molar-refractivity contribution in [1.82, 2.24) is 10.7 Å². The van der Waals surface area contributed by atoms with E-state index in [-0.39, 0.29) is 22.9 Å². The summed E-state index contributed by atoms with van der Waals surface area (Å²) in [5, 5.41) is 7.02. The monoisotopic (exact) mass is 547 g/mol. The molecule has 0 bridgehead atoms. The molecule has 168 valence electrons. The Kier molecular flexibility index (Phi) is 8.59. The Bertz CT molecular complexity index is 1230. The summed E-state index contributed by atoms with van der Waals surface area (Å²) in [5.74, 6) is -1.41. The highest BCUT2D eigenvalue weighted by molar-refractivity contribution is 9.10. The van der Waals surface area contributed by atoms with Gasteiger partial charge in [-0.3, -0.25) is 9.59 Å². The molecule has 3 aromatic rings. The number of hydrazone groups is 1. The molecule has 10 heteroatoms. The fraction of sp³-hybridized carbons (Fsp3) is 0.0435. The Morgan fingerprint density at radius 3 is 2.55 bits per heavy atom. The summed E-state index contributed by atoms with van der Waals surface area (Å²) in [5.41, 5.74) is 3.27. The van der Waals surface area contributed by atoms with E-state index in [0.29, 0.717) is 20.6 Å². The number of hydrogen-bond donors (Lipinski definition) is 2. The van der Waals surface area contributed by atoms with E-state index in [1.807, 2.05) is 0 Å². The quantitative estimate of drug-likeness (QED) is 0.191. The topological polar surface area (TPSA) is 96.9 Å². The van der Waals surface area contributed by atoms with E-state index in [2.05, 4.69) is 31.8 Å². The first kappa shape index (κ1) is 24.4. The maximum Gasteiger partial charge on any atom is 0.345 e. The van der Waals surface area contributed by atoms with Crippen molar-refractivity contribution in [2.45, 2.75) is 0 Å². The van der Waals surface area contributed by atoms with Crippen LogP contribution in [0.25, 0.3) is 0 Å². The molecule has 2 N–H and O–H groups in total. The fourth-order valence-corrected chi connectivity index (χ4v) is 3.38. The highest BCUT2D eigenvalue weighted by Gasteiger charge is 2.14. The predicted octanol–water partition coefficient (Wildman–Crippen LogP) is 4.86. The molecule has 3 aromatic carbocycles. The molecular formula is C23H16BrCl2N3O4. The molecule has 0 heterocycles. The summed E-state index contributed by atoms with van der Waals surface area (Å²) in [7, 11) is 0. The minimum atomic E-state index is -0.634. The van der Waals surface area contributed by atoms with E-state index < -0.39 is 17.8 Å². The Hall–Kier alpha value is -3.20. The van der Waals surface area contributed by atoms with Crippen molar-refractivity contribution in [1.29, 1.82) is 0 Å². The second-order valence-electron chi connectivity index (χ2n) is 6.54. The third-order valence-electron chi connectivity index (χ3n) is 4.16. The summed E-state index contributed by atoms with van der Waals surface area (Å²) in [6.45, 7) is -0.296. The number of hydrogen-bond acceptors (Lipinski definition) is 5. The van der Waals surface area contributed by atoms with Crippen LogP contribution in [0.15, 0.2) is 76.3 Å². The minimum Gasteiger partial charge on any atom is -0.422 e. The molecule has 0 fully saturated rings. The van der Waals surface area contributed by atoms with Gasteiger partial charge in [-0.15, -0.1) is 0 Å². The van der Waals surface area contributed by atoms with E-state index in [1.165, 1.54) is 12.3 Å². The summed E-state index contributed by atoms with van der Waals surface area (Å²) in [4.78, 5) is 36.5. The first-order chi connectivity index (χ1) is 15.8. The number of halogens is 3. The van der Waals surface area contributed by atoms with Gasteiger partial charge in [0, 0.05) is 20.6 Å². The van der Waals surface area contributed by atoms with Gasteiger partial charge < -0.3 is 10.1 Å². The Labute approximate surface area is 207 Å². The maximum atomic E-state index is 12.5. The summed E-state index contributed by atoms with van der Waals surface area (Å²) in [6.07, 6.45) is 1.32. The molecule has 0 atom stereocenters. The molecule has 0 spiro atoms. The molecule has 0 aliphatic rings. The first-order valence-corrected chi connectivity index (χ1v) is 11.0. The number of ether oxygens (including phenoxy) is 1. The van der Waals surface area contributed by atoms with Crippen LogP contribution in [0.5, 0.6) is 5.75 Å². The van der Waals surface area contributed by atoms with Crippen molar-refractivity contribution in [3.05, 3.63) is 97.9 Å². The summed E-state index contributed by atoms with van der Waals surface area (Å²) < 4.78 is 6.16. The summed E-state index contributed by atoms with van der Waals surface area (Å²) >= 11 is 15.2.